The van der Waals surface area contributed by atoms with E-state index in [0.717, 1.165) is 11.3 Å². The predicted molar refractivity (Wildman–Crippen MR) is 441 cm³/mol. The van der Waals surface area contributed by atoms with Crippen LogP contribution in [0, 0.1) is 90.0 Å². The van der Waals surface area contributed by atoms with Crippen molar-refractivity contribution in [1.29, 1.82) is 0 Å². The molecule has 0 amide bonds. The standard InChI is InChI=1S/2C18H20.C17H18.C17H20.C12H8O.C12H8S.2C2H6/c1-11-6-7-14-15-9-12(2)8-13(3)17(15)18(4,5)16(14)10-11;1-11-10-15-14-8-6-7-9-16(14)18(4,5)17(15)13(3)12(11)2;1-11-9-12(2)16-13-7-5-6-8-14(13)17(3,4)15(16)10-11;1-11-6-12(2)10-16(9-11)17-14(4)7-13(3)8-15(17)5;2*1-3-7-11-9(5-1)10-6-2-4-8-12(10)13-11;2*1-2/h2*6-10H,1-5H3;5-10H,1-4H3;6-10H,1-5H3;2*1-8H;2*1-2H3/i;;;;2*1D,2D,3D,4D,5D,6D,7D,8D;;. The van der Waals surface area contributed by atoms with E-state index in [2.05, 4.69) is 259 Å². The first kappa shape index (κ1) is 54.5. The Bertz CT molecular complexity index is 5940. The summed E-state index contributed by atoms with van der Waals surface area (Å²) in [6, 6.07) is 41.5. The maximum absolute atomic E-state index is 7.98. The van der Waals surface area contributed by atoms with Gasteiger partial charge in [-0.25, -0.2) is 0 Å². The highest BCUT2D eigenvalue weighted by Crippen LogP contribution is 2.53. The van der Waals surface area contributed by atoms with E-state index in [1.54, 1.807) is 0 Å². The molecule has 0 N–H and O–H groups in total. The van der Waals surface area contributed by atoms with Gasteiger partial charge in [-0.15, -0.1) is 11.3 Å². The molecule has 0 atom stereocenters. The number of hydrogen-bond acceptors (Lipinski definition) is 2. The molecule has 2 heteroatoms. The van der Waals surface area contributed by atoms with E-state index in [4.69, 9.17) is 26.3 Å². The molecule has 2 aromatic heterocycles. The van der Waals surface area contributed by atoms with E-state index in [0.29, 0.717) is 0 Å². The summed E-state index contributed by atoms with van der Waals surface area (Å²) < 4.78 is 130. The average molecular weight is 1350 g/mol. The number of fused-ring (bicyclic) bond motifs is 15. The van der Waals surface area contributed by atoms with Crippen LogP contribution in [0.15, 0.2) is 228 Å². The molecule has 0 radical (unpaired) electrons. The van der Waals surface area contributed by atoms with Gasteiger partial charge in [-0.05, 0) is 231 Å². The first-order chi connectivity index (χ1) is 54.4. The largest absolute Gasteiger partial charge is 0.456 e. The lowest BCUT2D eigenvalue weighted by atomic mass is 9.79. The molecule has 1 nitrogen and oxygen atoms in total. The van der Waals surface area contributed by atoms with Gasteiger partial charge in [-0.1, -0.05) is 303 Å². The molecule has 12 aromatic carbocycles. The highest BCUT2D eigenvalue weighted by molar-refractivity contribution is 7.25. The van der Waals surface area contributed by atoms with Crippen LogP contribution in [0.4, 0.5) is 0 Å². The van der Waals surface area contributed by atoms with Gasteiger partial charge < -0.3 is 4.42 Å². The van der Waals surface area contributed by atoms with Gasteiger partial charge in [0.05, 0.1) is 21.9 Å². The second-order valence-electron chi connectivity index (χ2n) is 28.1. The molecule has 0 aliphatic heterocycles. The lowest BCUT2D eigenvalue weighted by molar-refractivity contribution is 0.654. The maximum atomic E-state index is 7.98. The maximum Gasteiger partial charge on any atom is 0.135 e. The van der Waals surface area contributed by atoms with Gasteiger partial charge in [-0.3, -0.25) is 0 Å². The van der Waals surface area contributed by atoms with Crippen LogP contribution < -0.4 is 0 Å². The Kier molecular flexibility index (Phi) is 16.5. The summed E-state index contributed by atoms with van der Waals surface area (Å²) in [5, 5.41) is 0.270. The summed E-state index contributed by atoms with van der Waals surface area (Å²) in [6.07, 6.45) is 0. The van der Waals surface area contributed by atoms with E-state index >= 15 is 0 Å². The van der Waals surface area contributed by atoms with E-state index in [9.17, 15) is 0 Å². The monoisotopic (exact) mass is 1350 g/mol. The van der Waals surface area contributed by atoms with Crippen LogP contribution in [-0.4, -0.2) is 0 Å². The molecule has 0 unspecified atom stereocenters. The first-order valence-corrected chi connectivity index (χ1v) is 35.8. The number of thiophene rings is 1. The molecule has 0 saturated carbocycles. The average Bonchev–Trinajstić information content (AvgIpc) is 1.59. The topological polar surface area (TPSA) is 13.1 Å². The van der Waals surface area contributed by atoms with E-state index in [-0.39, 0.29) is 107 Å². The Morgan fingerprint density at radius 2 is 0.710 bits per heavy atom. The summed E-state index contributed by atoms with van der Waals surface area (Å²) in [7, 11) is 0. The molecule has 14 aromatic rings. The van der Waals surface area contributed by atoms with Gasteiger partial charge in [0, 0.05) is 47.2 Å². The van der Waals surface area contributed by atoms with Crippen molar-refractivity contribution >= 4 is 53.4 Å². The van der Waals surface area contributed by atoms with Crippen molar-refractivity contribution in [3.8, 4) is 44.5 Å². The Hall–Kier alpha value is -9.34. The SMILES string of the molecule is CC.CC.Cc1cc(C)c2c(c1)-c1ccc(C)cc1C2(C)C.Cc1cc(C)c2c(c1)C(C)(C)c1ccccc1-2.Cc1cc(C)cc(-c2c(C)cc(C)cc2C)c1.Cc1cc2c(c(C)c1C)C(C)(C)c1ccccc1-2.[2H]c1c([2H])c([2H])c2c(oc3c([2H])c([2H])c([2H])c([2H])c32)c1[2H].[2H]c1c([2H])c([2H])c2c(sc3c([2H])c([2H])c([2H])c([2H])c32)c1[2H]. The minimum Gasteiger partial charge on any atom is -0.456 e. The molecule has 3 aliphatic carbocycles. The molecule has 17 rings (SSSR count). The zero-order valence-corrected chi connectivity index (χ0v) is 63.8. The van der Waals surface area contributed by atoms with E-state index in [1.807, 2.05) is 27.7 Å². The molecule has 3 aliphatic rings. The second-order valence-corrected chi connectivity index (χ2v) is 29.1. The third-order valence-corrected chi connectivity index (χ3v) is 20.7. The summed E-state index contributed by atoms with van der Waals surface area (Å²) in [5.74, 6) is 0. The first-order valence-electron chi connectivity index (χ1n) is 43.0. The van der Waals surface area contributed by atoms with Crippen LogP contribution in [-0.2, 0) is 16.2 Å². The quantitative estimate of drug-likeness (QED) is 0.160. The predicted octanol–water partition coefficient (Wildman–Crippen LogP) is 29.0. The lowest BCUT2D eigenvalue weighted by Gasteiger charge is -2.24. The van der Waals surface area contributed by atoms with Gasteiger partial charge in [0.2, 0.25) is 0 Å². The zero-order chi connectivity index (χ0) is 86.2. The van der Waals surface area contributed by atoms with Crippen LogP contribution in [0.2, 0.25) is 0 Å². The second kappa shape index (κ2) is 30.2. The Labute approximate surface area is 626 Å². The fourth-order valence-corrected chi connectivity index (χ4v) is 16.4. The molecule has 100 heavy (non-hydrogen) atoms. The number of benzene rings is 12. The van der Waals surface area contributed by atoms with Crippen LogP contribution in [0.1, 0.15) is 197 Å². The van der Waals surface area contributed by atoms with Crippen molar-refractivity contribution in [2.75, 3.05) is 0 Å². The minimum absolute atomic E-state index is 0.0250. The van der Waals surface area contributed by atoms with Gasteiger partial charge in [-0.2, -0.15) is 0 Å². The number of aryl methyl sites for hydroxylation is 11. The Morgan fingerprint density at radius 3 is 1.27 bits per heavy atom. The molecule has 0 saturated heterocycles. The van der Waals surface area contributed by atoms with Crippen molar-refractivity contribution in [1.82, 2.24) is 0 Å². The van der Waals surface area contributed by atoms with Crippen LogP contribution >= 0.6 is 11.3 Å². The molecular weight excluding hydrogens is 1230 g/mol. The van der Waals surface area contributed by atoms with Crippen molar-refractivity contribution in [2.24, 2.45) is 0 Å². The highest BCUT2D eigenvalue weighted by atomic mass is 32.1. The van der Waals surface area contributed by atoms with Gasteiger partial charge in [0.15, 0.2) is 0 Å². The fraction of sp³-hybridized carbons (Fsp3) is 0.265. The van der Waals surface area contributed by atoms with Gasteiger partial charge in [0.25, 0.3) is 0 Å². The van der Waals surface area contributed by atoms with Crippen molar-refractivity contribution in [3.05, 3.63) is 330 Å². The summed E-state index contributed by atoms with van der Waals surface area (Å²) >= 11 is 0.967. The van der Waals surface area contributed by atoms with E-state index in [1.165, 1.54) is 150 Å². The summed E-state index contributed by atoms with van der Waals surface area (Å²) in [4.78, 5) is 0. The highest BCUT2D eigenvalue weighted by Gasteiger charge is 2.39. The molecule has 0 fully saturated rings. The molecule has 510 valence electrons. The number of para-hydroxylation sites is 2. The number of hydrogen-bond donors (Lipinski definition) is 0. The van der Waals surface area contributed by atoms with Gasteiger partial charge in [0.1, 0.15) is 11.2 Å². The van der Waals surface area contributed by atoms with Crippen LogP contribution in [0.5, 0.6) is 0 Å². The fourth-order valence-electron chi connectivity index (χ4n) is 15.4. The normalized spacial score (nSPS) is 15.2. The zero-order valence-electron chi connectivity index (χ0n) is 78.9. The number of rotatable bonds is 1. The Balaban J connectivity index is 0.000000146. The number of furan rings is 1. The molecular formula is C98H106OS. The lowest BCUT2D eigenvalue weighted by Crippen LogP contribution is -2.17. The smallest absolute Gasteiger partial charge is 0.135 e. The Morgan fingerprint density at radius 1 is 0.300 bits per heavy atom. The molecule has 2 heterocycles. The van der Waals surface area contributed by atoms with Gasteiger partial charge >= 0.3 is 0 Å². The van der Waals surface area contributed by atoms with Crippen LogP contribution in [0.25, 0.3) is 86.6 Å². The van der Waals surface area contributed by atoms with Crippen molar-refractivity contribution < 1.29 is 26.3 Å². The third-order valence-electron chi connectivity index (χ3n) is 19.6. The minimum atomic E-state index is -0.471. The van der Waals surface area contributed by atoms with Crippen LogP contribution in [0.3, 0.4) is 0 Å². The molecule has 0 bridgehead atoms. The molecule has 0 spiro atoms. The third kappa shape index (κ3) is 14.4. The van der Waals surface area contributed by atoms with Crippen molar-refractivity contribution in [3.63, 3.8) is 0 Å². The summed E-state index contributed by atoms with van der Waals surface area (Å²) in [6.45, 7) is 50.7. The summed E-state index contributed by atoms with van der Waals surface area (Å²) in [5.41, 5.74) is 38.3. The van der Waals surface area contributed by atoms with Crippen molar-refractivity contribution in [2.45, 2.75) is 175 Å². The van der Waals surface area contributed by atoms with E-state index < -0.39 is 48.3 Å².